The topological polar surface area (TPSA) is 72.1 Å². The van der Waals surface area contributed by atoms with Gasteiger partial charge >= 0.3 is 0 Å². The van der Waals surface area contributed by atoms with E-state index in [0.717, 1.165) is 5.69 Å². The minimum atomic E-state index is -0.215. The highest BCUT2D eigenvalue weighted by Gasteiger charge is 2.17. The molecule has 6 heteroatoms. The van der Waals surface area contributed by atoms with Crippen molar-refractivity contribution in [2.75, 3.05) is 17.7 Å². The van der Waals surface area contributed by atoms with Gasteiger partial charge in [-0.1, -0.05) is 0 Å². The number of carbonyl (C=O) groups excluding carboxylic acids is 1. The number of carbonyl (C=O) groups is 1. The van der Waals surface area contributed by atoms with Crippen LogP contribution in [0.3, 0.4) is 0 Å². The highest BCUT2D eigenvalue weighted by molar-refractivity contribution is 9.10. The van der Waals surface area contributed by atoms with Crippen molar-refractivity contribution in [3.8, 4) is 0 Å². The fourth-order valence-corrected chi connectivity index (χ4v) is 1.82. The molecule has 0 radical (unpaired) electrons. The lowest BCUT2D eigenvalue weighted by atomic mass is 10.2. The summed E-state index contributed by atoms with van der Waals surface area (Å²) in [5, 5.41) is 0. The Labute approximate surface area is 113 Å². The van der Waals surface area contributed by atoms with Crippen molar-refractivity contribution in [3.63, 3.8) is 0 Å². The lowest BCUT2D eigenvalue weighted by molar-refractivity contribution is 0.0993. The number of pyridine rings is 2. The lowest BCUT2D eigenvalue weighted by Gasteiger charge is -2.17. The molecule has 18 heavy (non-hydrogen) atoms. The van der Waals surface area contributed by atoms with Crippen LogP contribution in [0, 0.1) is 0 Å². The third kappa shape index (κ3) is 2.48. The molecule has 1 amide bonds. The van der Waals surface area contributed by atoms with E-state index in [4.69, 9.17) is 5.73 Å². The number of anilines is 2. The molecule has 2 aromatic rings. The summed E-state index contributed by atoms with van der Waals surface area (Å²) in [5.41, 5.74) is 6.82. The number of aromatic nitrogens is 2. The van der Waals surface area contributed by atoms with Crippen molar-refractivity contribution in [1.82, 2.24) is 9.97 Å². The van der Waals surface area contributed by atoms with Crippen LogP contribution in [0.4, 0.5) is 11.5 Å². The molecule has 92 valence electrons. The summed E-state index contributed by atoms with van der Waals surface area (Å²) in [5.74, 6) is -0.00314. The molecule has 0 spiro atoms. The molecule has 2 heterocycles. The Hall–Kier alpha value is -1.95. The second kappa shape index (κ2) is 5.14. The minimum Gasteiger partial charge on any atom is -0.383 e. The zero-order chi connectivity index (χ0) is 13.1. The maximum Gasteiger partial charge on any atom is 0.261 e. The van der Waals surface area contributed by atoms with Crippen LogP contribution < -0.4 is 10.6 Å². The van der Waals surface area contributed by atoms with E-state index in [1.807, 2.05) is 0 Å². The number of rotatable bonds is 2. The van der Waals surface area contributed by atoms with Gasteiger partial charge in [0.1, 0.15) is 5.82 Å². The van der Waals surface area contributed by atoms with Crippen molar-refractivity contribution < 1.29 is 4.79 Å². The number of nitrogen functional groups attached to an aromatic ring is 1. The molecule has 0 aliphatic rings. The van der Waals surface area contributed by atoms with Crippen LogP contribution in [-0.4, -0.2) is 22.9 Å². The van der Waals surface area contributed by atoms with Crippen LogP contribution in [0.2, 0.25) is 0 Å². The summed E-state index contributed by atoms with van der Waals surface area (Å²) in [6.07, 6.45) is 4.81. The molecule has 2 rings (SSSR count). The van der Waals surface area contributed by atoms with Crippen LogP contribution in [0.25, 0.3) is 0 Å². The van der Waals surface area contributed by atoms with E-state index in [-0.39, 0.29) is 11.7 Å². The molecular weight excluding hydrogens is 296 g/mol. The highest BCUT2D eigenvalue weighted by atomic mass is 79.9. The van der Waals surface area contributed by atoms with Crippen LogP contribution in [0.5, 0.6) is 0 Å². The first-order chi connectivity index (χ1) is 8.59. The van der Waals surface area contributed by atoms with E-state index >= 15 is 0 Å². The Bertz CT molecular complexity index is 574. The maximum absolute atomic E-state index is 12.3. The molecule has 0 fully saturated rings. The number of amides is 1. The van der Waals surface area contributed by atoms with E-state index in [9.17, 15) is 4.79 Å². The average molecular weight is 307 g/mol. The van der Waals surface area contributed by atoms with Gasteiger partial charge in [0.2, 0.25) is 0 Å². The highest BCUT2D eigenvalue weighted by Crippen LogP contribution is 2.20. The van der Waals surface area contributed by atoms with Crippen molar-refractivity contribution in [1.29, 1.82) is 0 Å². The summed E-state index contributed by atoms with van der Waals surface area (Å²) in [4.78, 5) is 21.6. The Morgan fingerprint density at radius 3 is 2.72 bits per heavy atom. The molecule has 0 aliphatic carbocycles. The fourth-order valence-electron chi connectivity index (χ4n) is 1.49. The second-order valence-electron chi connectivity index (χ2n) is 3.66. The molecule has 0 saturated heterocycles. The lowest BCUT2D eigenvalue weighted by Crippen LogP contribution is -2.27. The average Bonchev–Trinajstić information content (AvgIpc) is 2.41. The Morgan fingerprint density at radius 2 is 2.06 bits per heavy atom. The summed E-state index contributed by atoms with van der Waals surface area (Å²) < 4.78 is 0.711. The van der Waals surface area contributed by atoms with Crippen molar-refractivity contribution in [2.45, 2.75) is 0 Å². The molecule has 0 unspecified atom stereocenters. The zero-order valence-electron chi connectivity index (χ0n) is 9.67. The van der Waals surface area contributed by atoms with Crippen LogP contribution in [0.15, 0.2) is 41.3 Å². The molecule has 0 atom stereocenters. The summed E-state index contributed by atoms with van der Waals surface area (Å²) in [7, 11) is 1.68. The van der Waals surface area contributed by atoms with Crippen LogP contribution in [-0.2, 0) is 0 Å². The monoisotopic (exact) mass is 306 g/mol. The summed E-state index contributed by atoms with van der Waals surface area (Å²) in [6, 6.07) is 5.15. The molecule has 0 saturated carbocycles. The smallest absolute Gasteiger partial charge is 0.261 e. The van der Waals surface area contributed by atoms with E-state index in [1.54, 1.807) is 43.8 Å². The van der Waals surface area contributed by atoms with Gasteiger partial charge in [-0.2, -0.15) is 0 Å². The van der Waals surface area contributed by atoms with Gasteiger partial charge in [0.25, 0.3) is 5.91 Å². The normalized spacial score (nSPS) is 10.1. The Morgan fingerprint density at radius 1 is 1.39 bits per heavy atom. The molecule has 0 bridgehead atoms. The standard InChI is InChI=1S/C12H11BrN4O/c1-17(9-2-4-15-5-3-9)12(18)10-6-8(13)7-16-11(10)14/h2-7H,1H3,(H2,14,16). The predicted octanol–water partition coefficient (Wildman–Crippen LogP) is 2.10. The van der Waals surface area contributed by atoms with Crippen molar-refractivity contribution in [3.05, 3.63) is 46.8 Å². The molecule has 0 aromatic carbocycles. The molecule has 0 aliphatic heterocycles. The SMILES string of the molecule is CN(C(=O)c1cc(Br)cnc1N)c1ccncc1. The number of halogens is 1. The van der Waals surface area contributed by atoms with Crippen molar-refractivity contribution in [2.24, 2.45) is 0 Å². The zero-order valence-corrected chi connectivity index (χ0v) is 11.3. The number of hydrogen-bond acceptors (Lipinski definition) is 4. The molecule has 2 N–H and O–H groups in total. The van der Waals surface area contributed by atoms with Gasteiger partial charge in [-0.05, 0) is 34.1 Å². The number of hydrogen-bond donors (Lipinski definition) is 1. The van der Waals surface area contributed by atoms with Gasteiger partial charge in [-0.15, -0.1) is 0 Å². The largest absolute Gasteiger partial charge is 0.383 e. The number of nitrogens with zero attached hydrogens (tertiary/aromatic N) is 3. The number of nitrogens with two attached hydrogens (primary N) is 1. The fraction of sp³-hybridized carbons (Fsp3) is 0.0833. The second-order valence-corrected chi connectivity index (χ2v) is 4.57. The molecule has 2 aromatic heterocycles. The van der Waals surface area contributed by atoms with Crippen LogP contribution in [0.1, 0.15) is 10.4 Å². The van der Waals surface area contributed by atoms with E-state index in [1.165, 1.54) is 4.90 Å². The summed E-state index contributed by atoms with van der Waals surface area (Å²) >= 11 is 3.27. The first-order valence-corrected chi connectivity index (χ1v) is 5.98. The van der Waals surface area contributed by atoms with E-state index < -0.39 is 0 Å². The summed E-state index contributed by atoms with van der Waals surface area (Å²) in [6.45, 7) is 0. The van der Waals surface area contributed by atoms with Crippen LogP contribution >= 0.6 is 15.9 Å². The van der Waals surface area contributed by atoms with Gasteiger partial charge in [0, 0.05) is 35.8 Å². The third-order valence-corrected chi connectivity index (χ3v) is 2.90. The van der Waals surface area contributed by atoms with Gasteiger partial charge < -0.3 is 10.6 Å². The minimum absolute atomic E-state index is 0.212. The quantitative estimate of drug-likeness (QED) is 0.922. The Balaban J connectivity index is 2.34. The van der Waals surface area contributed by atoms with Gasteiger partial charge in [-0.3, -0.25) is 9.78 Å². The van der Waals surface area contributed by atoms with Crippen molar-refractivity contribution >= 4 is 33.3 Å². The van der Waals surface area contributed by atoms with Gasteiger partial charge in [0.05, 0.1) is 5.56 Å². The predicted molar refractivity (Wildman–Crippen MR) is 73.3 cm³/mol. The Kier molecular flexibility index (Phi) is 3.57. The molecule has 5 nitrogen and oxygen atoms in total. The van der Waals surface area contributed by atoms with E-state index in [0.29, 0.717) is 10.0 Å². The van der Waals surface area contributed by atoms with Gasteiger partial charge in [0.15, 0.2) is 0 Å². The van der Waals surface area contributed by atoms with E-state index in [2.05, 4.69) is 25.9 Å². The first-order valence-electron chi connectivity index (χ1n) is 5.18. The maximum atomic E-state index is 12.3. The van der Waals surface area contributed by atoms with Gasteiger partial charge in [-0.25, -0.2) is 4.98 Å². The molecular formula is C12H11BrN4O. The third-order valence-electron chi connectivity index (χ3n) is 2.47. The first kappa shape index (κ1) is 12.5.